The molecule has 2 aromatic rings. The lowest BCUT2D eigenvalue weighted by atomic mass is 10.2. The van der Waals surface area contributed by atoms with Gasteiger partial charge in [-0.15, -0.1) is 5.10 Å². The van der Waals surface area contributed by atoms with Gasteiger partial charge in [-0.05, 0) is 35.4 Å². The van der Waals surface area contributed by atoms with E-state index in [-0.39, 0.29) is 17.6 Å². The quantitative estimate of drug-likeness (QED) is 0.873. The van der Waals surface area contributed by atoms with Crippen molar-refractivity contribution in [3.05, 3.63) is 65.5 Å². The van der Waals surface area contributed by atoms with Gasteiger partial charge in [0.1, 0.15) is 23.5 Å². The van der Waals surface area contributed by atoms with Gasteiger partial charge in [0.05, 0.1) is 0 Å². The van der Waals surface area contributed by atoms with E-state index in [9.17, 15) is 14.0 Å². The summed E-state index contributed by atoms with van der Waals surface area (Å²) in [6, 6.07) is 13.4. The van der Waals surface area contributed by atoms with Crippen LogP contribution >= 0.6 is 11.8 Å². The van der Waals surface area contributed by atoms with Gasteiger partial charge in [-0.2, -0.15) is 0 Å². The highest BCUT2D eigenvalue weighted by molar-refractivity contribution is 8.14. The zero-order chi connectivity index (χ0) is 19.4. The fraction of sp³-hybridized carbons (Fsp3) is 0.211. The van der Waals surface area contributed by atoms with Crippen LogP contribution in [0.2, 0.25) is 0 Å². The molecule has 0 aliphatic carbocycles. The first kappa shape index (κ1) is 18.9. The van der Waals surface area contributed by atoms with Crippen molar-refractivity contribution in [3.8, 4) is 5.75 Å². The summed E-state index contributed by atoms with van der Waals surface area (Å²) in [7, 11) is 0. The number of nitrogens with zero attached hydrogens (tertiary/aromatic N) is 2. The molecule has 2 aromatic carbocycles. The van der Waals surface area contributed by atoms with Crippen molar-refractivity contribution in [3.63, 3.8) is 0 Å². The number of rotatable bonds is 4. The van der Waals surface area contributed by atoms with Crippen molar-refractivity contribution < 1.29 is 18.7 Å². The molecule has 1 atom stereocenters. The van der Waals surface area contributed by atoms with E-state index in [1.54, 1.807) is 18.2 Å². The molecule has 0 unspecified atom stereocenters. The predicted molar refractivity (Wildman–Crippen MR) is 101 cm³/mol. The number of amides is 2. The number of nitrogens with one attached hydrogen (secondary N) is 1. The van der Waals surface area contributed by atoms with Crippen LogP contribution in [0, 0.1) is 5.82 Å². The maximum absolute atomic E-state index is 13.0. The van der Waals surface area contributed by atoms with Gasteiger partial charge in [0.2, 0.25) is 11.8 Å². The number of halogens is 1. The molecule has 0 fully saturated rings. The van der Waals surface area contributed by atoms with Crippen molar-refractivity contribution in [1.82, 2.24) is 10.3 Å². The molecule has 6 nitrogen and oxygen atoms in total. The van der Waals surface area contributed by atoms with Gasteiger partial charge in [-0.3, -0.25) is 9.59 Å². The maximum Gasteiger partial charge on any atom is 0.241 e. The zero-order valence-electron chi connectivity index (χ0n) is 14.8. The van der Waals surface area contributed by atoms with Gasteiger partial charge in [0.15, 0.2) is 5.17 Å². The van der Waals surface area contributed by atoms with E-state index in [0.717, 1.165) is 11.1 Å². The first-order chi connectivity index (χ1) is 12.9. The molecule has 0 saturated heterocycles. The van der Waals surface area contributed by atoms with E-state index in [1.807, 2.05) is 18.2 Å². The van der Waals surface area contributed by atoms with Gasteiger partial charge < -0.3 is 10.1 Å². The Kier molecular flexibility index (Phi) is 5.75. The summed E-state index contributed by atoms with van der Waals surface area (Å²) in [4.78, 5) is 23.2. The van der Waals surface area contributed by atoms with Crippen LogP contribution in [0.25, 0.3) is 0 Å². The summed E-state index contributed by atoms with van der Waals surface area (Å²) in [5, 5.41) is 8.10. The van der Waals surface area contributed by atoms with Crippen molar-refractivity contribution in [2.75, 3.05) is 0 Å². The predicted octanol–water partition coefficient (Wildman–Crippen LogP) is 3.41. The number of amidine groups is 1. The standard InChI is InChI=1S/C19H18FN3O3S/c1-12(24)21-19-22-23(13(2)25)18(27-19)15-4-3-5-17(10-15)26-11-14-6-8-16(20)9-7-14/h3-10,18H,11H2,1-2H3,(H,21,22,24)/t18-/m1/s1. The Balaban J connectivity index is 1.73. The minimum atomic E-state index is -0.390. The van der Waals surface area contributed by atoms with Gasteiger partial charge in [0, 0.05) is 13.8 Å². The van der Waals surface area contributed by atoms with Crippen LogP contribution in [0.3, 0.4) is 0 Å². The van der Waals surface area contributed by atoms with Crippen molar-refractivity contribution in [1.29, 1.82) is 0 Å². The molecule has 2 amide bonds. The molecule has 8 heteroatoms. The third kappa shape index (κ3) is 4.85. The summed E-state index contributed by atoms with van der Waals surface area (Å²) in [6.07, 6.45) is 0. The van der Waals surface area contributed by atoms with Crippen molar-refractivity contribution in [2.24, 2.45) is 5.10 Å². The highest BCUT2D eigenvalue weighted by Crippen LogP contribution is 2.39. The van der Waals surface area contributed by atoms with E-state index in [0.29, 0.717) is 17.5 Å². The van der Waals surface area contributed by atoms with E-state index >= 15 is 0 Å². The Morgan fingerprint density at radius 1 is 1.22 bits per heavy atom. The Bertz CT molecular complexity index is 886. The number of carbonyl (C=O) groups is 2. The summed E-state index contributed by atoms with van der Waals surface area (Å²) in [5.74, 6) is -0.153. The van der Waals surface area contributed by atoms with E-state index in [1.165, 1.54) is 42.8 Å². The highest BCUT2D eigenvalue weighted by Gasteiger charge is 2.32. The van der Waals surface area contributed by atoms with E-state index in [2.05, 4.69) is 10.4 Å². The number of hydrogen-bond acceptors (Lipinski definition) is 5. The molecule has 3 rings (SSSR count). The number of thioether (sulfide) groups is 1. The van der Waals surface area contributed by atoms with E-state index in [4.69, 9.17) is 4.74 Å². The molecule has 0 saturated carbocycles. The minimum absolute atomic E-state index is 0.231. The van der Waals surface area contributed by atoms with Crippen LogP contribution in [-0.2, 0) is 16.2 Å². The minimum Gasteiger partial charge on any atom is -0.489 e. The Labute approximate surface area is 160 Å². The molecule has 1 aliphatic heterocycles. The number of hydrogen-bond donors (Lipinski definition) is 1. The van der Waals surface area contributed by atoms with Gasteiger partial charge in [0.25, 0.3) is 0 Å². The van der Waals surface area contributed by atoms with Crippen LogP contribution in [0.15, 0.2) is 53.6 Å². The van der Waals surface area contributed by atoms with E-state index < -0.39 is 5.37 Å². The second-order valence-corrected chi connectivity index (χ2v) is 6.98. The molecular weight excluding hydrogens is 369 g/mol. The average Bonchev–Trinajstić information content (AvgIpc) is 3.05. The summed E-state index contributed by atoms with van der Waals surface area (Å²) < 4.78 is 18.8. The first-order valence-corrected chi connectivity index (χ1v) is 9.10. The molecule has 1 N–H and O–H groups in total. The summed E-state index contributed by atoms with van der Waals surface area (Å²) in [5.41, 5.74) is 1.66. The second kappa shape index (κ2) is 8.22. The zero-order valence-corrected chi connectivity index (χ0v) is 15.6. The lowest BCUT2D eigenvalue weighted by Crippen LogP contribution is -2.25. The van der Waals surface area contributed by atoms with Crippen LogP contribution in [0.4, 0.5) is 4.39 Å². The average molecular weight is 387 g/mol. The SMILES string of the molecule is CC(=O)NC1=NN(C(C)=O)[C@@H](c2cccc(OCc3ccc(F)cc3)c2)S1. The fourth-order valence-electron chi connectivity index (χ4n) is 2.48. The molecule has 0 radical (unpaired) electrons. The first-order valence-electron chi connectivity index (χ1n) is 8.22. The normalized spacial score (nSPS) is 16.0. The van der Waals surface area contributed by atoms with Crippen molar-refractivity contribution >= 4 is 28.7 Å². The molecular formula is C19H18FN3O3S. The van der Waals surface area contributed by atoms with Crippen molar-refractivity contribution in [2.45, 2.75) is 25.8 Å². The van der Waals surface area contributed by atoms with Crippen LogP contribution < -0.4 is 10.1 Å². The molecule has 0 aromatic heterocycles. The topological polar surface area (TPSA) is 71.0 Å². The highest BCUT2D eigenvalue weighted by atomic mass is 32.2. The van der Waals surface area contributed by atoms with Crippen LogP contribution in [-0.4, -0.2) is 22.0 Å². The third-order valence-corrected chi connectivity index (χ3v) is 4.81. The maximum atomic E-state index is 13.0. The molecule has 140 valence electrons. The lowest BCUT2D eigenvalue weighted by molar-refractivity contribution is -0.129. The molecule has 27 heavy (non-hydrogen) atoms. The summed E-state index contributed by atoms with van der Waals surface area (Å²) in [6.45, 7) is 3.10. The smallest absolute Gasteiger partial charge is 0.241 e. The monoisotopic (exact) mass is 387 g/mol. The Hall–Kier alpha value is -2.87. The number of ether oxygens (including phenoxy) is 1. The van der Waals surface area contributed by atoms with Crippen LogP contribution in [0.1, 0.15) is 30.3 Å². The fourth-order valence-corrected chi connectivity index (χ4v) is 3.61. The number of hydrazone groups is 1. The van der Waals surface area contributed by atoms with Gasteiger partial charge >= 0.3 is 0 Å². The van der Waals surface area contributed by atoms with Crippen LogP contribution in [0.5, 0.6) is 5.75 Å². The molecule has 1 heterocycles. The largest absolute Gasteiger partial charge is 0.489 e. The molecule has 1 aliphatic rings. The molecule has 0 bridgehead atoms. The number of benzene rings is 2. The second-order valence-electron chi connectivity index (χ2n) is 5.91. The Morgan fingerprint density at radius 2 is 1.96 bits per heavy atom. The third-order valence-electron chi connectivity index (χ3n) is 3.71. The number of carbonyl (C=O) groups excluding carboxylic acids is 2. The Morgan fingerprint density at radius 3 is 2.63 bits per heavy atom. The lowest BCUT2D eigenvalue weighted by Gasteiger charge is -2.19. The summed E-state index contributed by atoms with van der Waals surface area (Å²) >= 11 is 1.28. The van der Waals surface area contributed by atoms with Gasteiger partial charge in [-0.25, -0.2) is 9.40 Å². The molecule has 0 spiro atoms. The van der Waals surface area contributed by atoms with Gasteiger partial charge in [-0.1, -0.05) is 36.0 Å².